The number of primary amides is 2. The van der Waals surface area contributed by atoms with E-state index in [2.05, 4.69) is 20.4 Å². The molecule has 6 saturated heterocycles. The number of rotatable bonds is 12. The van der Waals surface area contributed by atoms with Crippen LogP contribution in [0.5, 0.6) is 5.75 Å². The zero-order valence-corrected chi connectivity index (χ0v) is 49.5. The monoisotopic (exact) mass is 1270 g/mol. The van der Waals surface area contributed by atoms with Crippen molar-refractivity contribution in [2.45, 2.75) is 88.3 Å². The number of aliphatic carboxylic acids is 1. The number of non-ortho nitro benzene ring substituents is 1. The lowest BCUT2D eigenvalue weighted by atomic mass is 9.73. The largest absolute Gasteiger partial charge is 0.481 e. The Hall–Kier alpha value is -8.32. The lowest BCUT2D eigenvalue weighted by Crippen LogP contribution is -2.45. The number of fused-ring (bicyclic) bond motifs is 2. The minimum atomic E-state index is -4.64. The first kappa shape index (κ1) is 66.1. The first-order valence-electron chi connectivity index (χ1n) is 29.1. The number of likely N-dealkylation sites (tertiary alicyclic amines) is 3. The summed E-state index contributed by atoms with van der Waals surface area (Å²) >= 11 is 0. The summed E-state index contributed by atoms with van der Waals surface area (Å²) in [6.45, 7) is 12.0. The van der Waals surface area contributed by atoms with Crippen LogP contribution in [0.1, 0.15) is 101 Å². The summed E-state index contributed by atoms with van der Waals surface area (Å²) < 4.78 is 108. The SMILES string of the molecule is CC(C)(C)OC(=O)C1(c2ccc(CN3CC4CNCC4C3)c(C(F)(F)F)c2)CCOCC1.NC(=O)c1ccn(C(=O)N2CC3CN(Cc4ccc(C5(C(=O)O)CCOCC5)cc4C(F)(F)F)CC3C2)n1.NC(=O)c1ccn(C(=O)Oc2ccc([N+](=O)[O-])cc2)n1. The number of alkyl halides is 6. The topological polar surface area (TPSA) is 312 Å². The maximum absolute atomic E-state index is 14.1. The lowest BCUT2D eigenvalue weighted by Gasteiger charge is -2.38. The van der Waals surface area contributed by atoms with Gasteiger partial charge in [-0.2, -0.15) is 45.9 Å². The summed E-state index contributed by atoms with van der Waals surface area (Å²) in [6.07, 6.45) is -6.56. The Morgan fingerprint density at radius 2 is 1.10 bits per heavy atom. The fraction of sp³-hybridized carbons (Fsp3) is 0.500. The van der Waals surface area contributed by atoms with Crippen LogP contribution in [0.4, 0.5) is 41.6 Å². The molecule has 0 radical (unpaired) electrons. The molecule has 24 nitrogen and oxygen atoms in total. The van der Waals surface area contributed by atoms with Gasteiger partial charge in [-0.1, -0.05) is 24.3 Å². The van der Waals surface area contributed by atoms with Gasteiger partial charge >= 0.3 is 36.4 Å². The highest BCUT2D eigenvalue weighted by atomic mass is 19.4. The number of ether oxygens (including phenoxy) is 4. The number of carboxylic acids is 1. The molecule has 484 valence electrons. The fourth-order valence-electron chi connectivity index (χ4n) is 12.6. The standard InChI is InChI=1S/C25H28F3N5O5.C24H33F3N2O3.C11H8N4O5/c26-25(27,28)19-9-18(24(22(35)36)4-7-38-8-5-24)2-1-15(19)10-31-11-16-13-32(14-17(16)12-31)23(37)33-6-3-20(30-33)21(29)34;1-22(2,3)32-21(30)23(6-8-31-9-7-23)19-5-4-16(20(10-19)24(25,26)27)13-29-14-17-11-28-12-18(17)15-29;12-10(16)9-5-6-14(13-9)11(17)20-8-3-1-7(2-4-8)15(18)19/h1-3,6,9,16-17H,4-5,7-8,10-14H2,(H2,29,34)(H,35,36);4-5,10,17-18,28H,6-9,11-15H2,1-3H3;1-6H,(H2,12,16). The van der Waals surface area contributed by atoms with Gasteiger partial charge in [-0.25, -0.2) is 9.59 Å². The summed E-state index contributed by atoms with van der Waals surface area (Å²) in [6, 6.07) is 15.5. The van der Waals surface area contributed by atoms with E-state index in [4.69, 9.17) is 30.4 Å². The van der Waals surface area contributed by atoms with Crippen LogP contribution >= 0.6 is 0 Å². The zero-order chi connectivity index (χ0) is 65.1. The molecular weight excluding hydrogens is 1200 g/mol. The van der Waals surface area contributed by atoms with Crippen molar-refractivity contribution in [3.05, 3.63) is 140 Å². The lowest BCUT2D eigenvalue weighted by molar-refractivity contribution is -0.384. The van der Waals surface area contributed by atoms with Crippen LogP contribution in [0.15, 0.2) is 85.2 Å². The van der Waals surface area contributed by atoms with Crippen molar-refractivity contribution in [1.82, 2.24) is 39.6 Å². The van der Waals surface area contributed by atoms with Crippen molar-refractivity contribution >= 4 is 41.6 Å². The molecule has 0 bridgehead atoms. The number of carbonyl (C=O) groups is 6. The fourth-order valence-corrected chi connectivity index (χ4v) is 12.6. The molecule has 11 rings (SSSR count). The van der Waals surface area contributed by atoms with Crippen molar-refractivity contribution in [2.24, 2.45) is 35.1 Å². The molecule has 8 heterocycles. The molecule has 3 amide bonds. The van der Waals surface area contributed by atoms with Crippen LogP contribution in [0.2, 0.25) is 0 Å². The number of carboxylic acid groups (broad SMARTS) is 1. The highest BCUT2D eigenvalue weighted by Crippen LogP contribution is 2.44. The van der Waals surface area contributed by atoms with E-state index in [0.717, 1.165) is 41.6 Å². The van der Waals surface area contributed by atoms with Crippen molar-refractivity contribution in [3.8, 4) is 5.75 Å². The number of hydrogen-bond donors (Lipinski definition) is 4. The van der Waals surface area contributed by atoms with Gasteiger partial charge in [0.05, 0.1) is 26.9 Å². The van der Waals surface area contributed by atoms with Crippen LogP contribution < -0.4 is 21.5 Å². The Morgan fingerprint density at radius 3 is 1.53 bits per heavy atom. The van der Waals surface area contributed by atoms with E-state index in [1.165, 1.54) is 67.0 Å². The first-order valence-corrected chi connectivity index (χ1v) is 29.1. The number of hydrogen-bond acceptors (Lipinski definition) is 17. The van der Waals surface area contributed by atoms with E-state index in [1.54, 1.807) is 37.8 Å². The molecule has 4 unspecified atom stereocenters. The normalized spacial score (nSPS) is 21.4. The van der Waals surface area contributed by atoms with E-state index in [-0.39, 0.29) is 96.5 Å². The average molecular weight is 1270 g/mol. The Balaban J connectivity index is 0.000000168. The molecule has 6 aliphatic heterocycles. The molecular formula is C60H69F6N11O13. The van der Waals surface area contributed by atoms with Gasteiger partial charge in [0.25, 0.3) is 17.5 Å². The highest BCUT2D eigenvalue weighted by Gasteiger charge is 2.49. The van der Waals surface area contributed by atoms with Gasteiger partial charge < -0.3 is 45.7 Å². The Kier molecular flexibility index (Phi) is 19.6. The van der Waals surface area contributed by atoms with E-state index in [9.17, 15) is 70.3 Å². The molecule has 90 heavy (non-hydrogen) atoms. The quantitative estimate of drug-likeness (QED) is 0.0429. The molecule has 0 saturated carbocycles. The van der Waals surface area contributed by atoms with E-state index in [1.807, 2.05) is 4.90 Å². The number of aromatic nitrogens is 4. The predicted molar refractivity (Wildman–Crippen MR) is 306 cm³/mol. The second-order valence-electron chi connectivity index (χ2n) is 24.3. The van der Waals surface area contributed by atoms with Crippen LogP contribution in [0.3, 0.4) is 0 Å². The summed E-state index contributed by atoms with van der Waals surface area (Å²) in [4.78, 5) is 87.4. The third kappa shape index (κ3) is 15.1. The minimum Gasteiger partial charge on any atom is -0.481 e. The second kappa shape index (κ2) is 26.6. The number of nitrogens with one attached hydrogen (secondary N) is 1. The number of benzene rings is 3. The predicted octanol–water partition coefficient (Wildman–Crippen LogP) is 6.85. The van der Waals surface area contributed by atoms with Gasteiger partial charge in [-0.05, 0) is 142 Å². The molecule has 6 N–H and O–H groups in total. The zero-order valence-electron chi connectivity index (χ0n) is 49.5. The number of nitro benzene ring substituents is 1. The van der Waals surface area contributed by atoms with Gasteiger partial charge in [0.1, 0.15) is 11.4 Å². The number of esters is 1. The van der Waals surface area contributed by atoms with E-state index in [0.29, 0.717) is 69.6 Å². The molecule has 0 aliphatic carbocycles. The van der Waals surface area contributed by atoms with Gasteiger partial charge in [-0.15, -0.1) is 0 Å². The van der Waals surface area contributed by atoms with Crippen molar-refractivity contribution in [1.29, 1.82) is 0 Å². The van der Waals surface area contributed by atoms with Crippen molar-refractivity contribution in [2.75, 3.05) is 78.8 Å². The summed E-state index contributed by atoms with van der Waals surface area (Å²) in [5.41, 5.74) is 6.13. The molecule has 6 fully saturated rings. The van der Waals surface area contributed by atoms with E-state index >= 15 is 0 Å². The average Bonchev–Trinajstić information content (AvgIpc) is 1.92. The minimum absolute atomic E-state index is 0.0125. The molecule has 4 atom stereocenters. The van der Waals surface area contributed by atoms with Crippen LogP contribution in [0, 0.1) is 33.8 Å². The number of amides is 3. The van der Waals surface area contributed by atoms with Gasteiger partial charge in [0.15, 0.2) is 11.4 Å². The van der Waals surface area contributed by atoms with Crippen LogP contribution in [-0.4, -0.2) is 165 Å². The third-order valence-corrected chi connectivity index (χ3v) is 17.2. The van der Waals surface area contributed by atoms with Gasteiger partial charge in [0, 0.05) is 103 Å². The molecule has 0 spiro atoms. The number of halogens is 6. The van der Waals surface area contributed by atoms with Gasteiger partial charge in [-0.3, -0.25) is 39.1 Å². The molecule has 6 aliphatic rings. The molecule has 30 heteroatoms. The highest BCUT2D eigenvalue weighted by molar-refractivity contribution is 5.92. The van der Waals surface area contributed by atoms with Crippen LogP contribution in [-0.2, 0) is 60.1 Å². The molecule has 3 aromatic carbocycles. The summed E-state index contributed by atoms with van der Waals surface area (Å²) in [5.74, 6) is -1.80. The second-order valence-corrected chi connectivity index (χ2v) is 24.3. The maximum Gasteiger partial charge on any atom is 0.440 e. The Morgan fingerprint density at radius 1 is 0.656 bits per heavy atom. The number of nitro groups is 1. The van der Waals surface area contributed by atoms with Gasteiger partial charge in [0.2, 0.25) is 0 Å². The molecule has 5 aromatic rings. The molecule has 2 aromatic heterocycles. The maximum atomic E-state index is 14.1. The number of nitrogens with two attached hydrogens (primary N) is 2. The number of carbonyl (C=O) groups excluding carboxylic acids is 5. The number of nitrogens with zero attached hydrogens (tertiary/aromatic N) is 8. The Bertz CT molecular complexity index is 3460. The smallest absolute Gasteiger partial charge is 0.440 e. The van der Waals surface area contributed by atoms with Crippen molar-refractivity contribution < 1.29 is 84.1 Å². The summed E-state index contributed by atoms with van der Waals surface area (Å²) in [7, 11) is 0. The Labute approximate surface area is 511 Å². The van der Waals surface area contributed by atoms with E-state index < -0.39 is 74.7 Å². The first-order chi connectivity index (χ1) is 42.4. The third-order valence-electron chi connectivity index (χ3n) is 17.2. The van der Waals surface area contributed by atoms with Crippen LogP contribution in [0.25, 0.3) is 0 Å². The van der Waals surface area contributed by atoms with Crippen molar-refractivity contribution in [3.63, 3.8) is 0 Å². The summed E-state index contributed by atoms with van der Waals surface area (Å²) in [5, 5.41) is 31.2.